The molecule has 15 heteroatoms. The molecule has 58 heavy (non-hydrogen) atoms. The first-order valence-corrected chi connectivity index (χ1v) is 20.2. The molecule has 3 unspecified atom stereocenters. The Bertz CT molecular complexity index is 2320. The topological polar surface area (TPSA) is 130 Å². The molecule has 12 nitrogen and oxygen atoms in total. The number of rotatable bonds is 9. The molecule has 5 fully saturated rings. The standard InChI is InChI=1S/C43H45F3N6O6/c1-3-31-34(45)12-9-26-16-30(53)17-32(36(26)31)38-37(46)39-33(19-47-38)40(49-41(48-39)56-23-43-13-6-14-51(43)20-27(44)18-43)50-21-28-10-11-29(22-50)52(28)42(55)58-24(2)57-35(54)15-25-7-4-5-8-25/h1,9,12,16-17,19,24-25,27-29,53H,4-8,10-11,13-15,18,20-23H2,2H3/t24?,27-,28?,29?,43+/m1/s1. The van der Waals surface area contributed by atoms with Gasteiger partial charge in [-0.25, -0.2) is 18.0 Å². The van der Waals surface area contributed by atoms with E-state index in [-0.39, 0.29) is 69.5 Å². The quantitative estimate of drug-likeness (QED) is 0.107. The summed E-state index contributed by atoms with van der Waals surface area (Å²) in [5, 5.41) is 11.5. The van der Waals surface area contributed by atoms with Gasteiger partial charge in [0.05, 0.1) is 28.6 Å². The molecule has 1 aliphatic carbocycles. The largest absolute Gasteiger partial charge is 0.508 e. The molecule has 4 saturated heterocycles. The summed E-state index contributed by atoms with van der Waals surface area (Å²) >= 11 is 0. The highest BCUT2D eigenvalue weighted by Crippen LogP contribution is 2.43. The maximum atomic E-state index is 17.1. The maximum absolute atomic E-state index is 17.1. The fourth-order valence-corrected chi connectivity index (χ4v) is 10.2. The van der Waals surface area contributed by atoms with Gasteiger partial charge in [-0.05, 0) is 74.6 Å². The first-order valence-electron chi connectivity index (χ1n) is 20.2. The number of aromatic hydroxyl groups is 1. The van der Waals surface area contributed by atoms with E-state index in [1.807, 2.05) is 4.90 Å². The molecule has 1 amide bonds. The van der Waals surface area contributed by atoms with Gasteiger partial charge in [-0.1, -0.05) is 24.8 Å². The summed E-state index contributed by atoms with van der Waals surface area (Å²) in [5.41, 5.74) is -0.892. The number of ether oxygens (including phenoxy) is 3. The Labute approximate surface area is 333 Å². The van der Waals surface area contributed by atoms with Crippen molar-refractivity contribution in [2.75, 3.05) is 37.7 Å². The Morgan fingerprint density at radius 2 is 1.83 bits per heavy atom. The molecule has 0 spiro atoms. The zero-order valence-electron chi connectivity index (χ0n) is 32.3. The lowest BCUT2D eigenvalue weighted by Gasteiger charge is -2.41. The molecule has 0 radical (unpaired) electrons. The normalized spacial score (nSPS) is 25.0. The number of benzene rings is 2. The number of piperazine rings is 1. The minimum atomic E-state index is -1.05. The molecule has 1 N–H and O–H groups in total. The van der Waals surface area contributed by atoms with Gasteiger partial charge in [-0.15, -0.1) is 6.42 Å². The Kier molecular flexibility index (Phi) is 9.94. The van der Waals surface area contributed by atoms with Crippen molar-refractivity contribution in [1.82, 2.24) is 24.8 Å². The van der Waals surface area contributed by atoms with E-state index in [1.165, 1.54) is 30.5 Å². The van der Waals surface area contributed by atoms with Crippen molar-refractivity contribution in [1.29, 1.82) is 0 Å². The highest BCUT2D eigenvalue weighted by atomic mass is 19.1. The van der Waals surface area contributed by atoms with Gasteiger partial charge in [-0.3, -0.25) is 19.6 Å². The van der Waals surface area contributed by atoms with Gasteiger partial charge in [0.25, 0.3) is 0 Å². The van der Waals surface area contributed by atoms with Crippen LogP contribution in [-0.2, 0) is 14.3 Å². The second-order valence-corrected chi connectivity index (χ2v) is 16.5. The molecule has 4 aromatic rings. The van der Waals surface area contributed by atoms with Crippen molar-refractivity contribution < 1.29 is 42.1 Å². The number of alkyl halides is 1. The fraction of sp³-hybridized carbons (Fsp3) is 0.512. The van der Waals surface area contributed by atoms with Crippen LogP contribution in [0.3, 0.4) is 0 Å². The fourth-order valence-electron chi connectivity index (χ4n) is 10.2. The Balaban J connectivity index is 1.04. The Hall–Kier alpha value is -5.36. The molecule has 5 atom stereocenters. The number of pyridine rings is 1. The predicted molar refractivity (Wildman–Crippen MR) is 208 cm³/mol. The number of phenols is 1. The third kappa shape index (κ3) is 6.88. The number of carbonyl (C=O) groups is 2. The van der Waals surface area contributed by atoms with Crippen LogP contribution in [0.2, 0.25) is 0 Å². The summed E-state index contributed by atoms with van der Waals surface area (Å²) in [6.45, 7) is 3.37. The first-order chi connectivity index (χ1) is 28.0. The van der Waals surface area contributed by atoms with Crippen LogP contribution in [0, 0.1) is 29.9 Å². The number of halogens is 3. The van der Waals surface area contributed by atoms with Gasteiger partial charge in [0.2, 0.25) is 6.29 Å². The van der Waals surface area contributed by atoms with Crippen LogP contribution < -0.4 is 9.64 Å². The van der Waals surface area contributed by atoms with Crippen LogP contribution in [0.5, 0.6) is 11.8 Å². The number of esters is 1. The van der Waals surface area contributed by atoms with Crippen LogP contribution in [0.15, 0.2) is 30.5 Å². The van der Waals surface area contributed by atoms with Gasteiger partial charge in [0, 0.05) is 56.5 Å². The zero-order valence-corrected chi connectivity index (χ0v) is 32.3. The second-order valence-electron chi connectivity index (χ2n) is 16.5. The molecule has 6 heterocycles. The minimum Gasteiger partial charge on any atom is -0.508 e. The lowest BCUT2D eigenvalue weighted by Crippen LogP contribution is -2.56. The molecular formula is C43H45F3N6O6. The number of hydrogen-bond donors (Lipinski definition) is 1. The summed E-state index contributed by atoms with van der Waals surface area (Å²) in [6, 6.07) is 4.64. The number of terminal acetylenes is 1. The van der Waals surface area contributed by atoms with E-state index in [0.717, 1.165) is 45.1 Å². The van der Waals surface area contributed by atoms with Crippen LogP contribution in [0.4, 0.5) is 23.8 Å². The monoisotopic (exact) mass is 798 g/mol. The summed E-state index contributed by atoms with van der Waals surface area (Å²) in [6.07, 6.45) is 12.4. The summed E-state index contributed by atoms with van der Waals surface area (Å²) in [5.74, 6) is 0.878. The lowest BCUT2D eigenvalue weighted by atomic mass is 9.95. The highest BCUT2D eigenvalue weighted by Gasteiger charge is 2.50. The summed E-state index contributed by atoms with van der Waals surface area (Å²) in [7, 11) is 0. The van der Waals surface area contributed by atoms with Crippen LogP contribution in [-0.4, -0.2) is 105 Å². The van der Waals surface area contributed by atoms with Crippen molar-refractivity contribution in [2.45, 2.75) is 101 Å². The smallest absolute Gasteiger partial charge is 0.413 e. The third-order valence-corrected chi connectivity index (χ3v) is 12.8. The van der Waals surface area contributed by atoms with Crippen molar-refractivity contribution >= 4 is 39.6 Å². The number of aromatic nitrogens is 3. The van der Waals surface area contributed by atoms with E-state index in [4.69, 9.17) is 25.6 Å². The first kappa shape index (κ1) is 38.2. The number of hydrogen-bond acceptors (Lipinski definition) is 11. The molecule has 2 aromatic heterocycles. The molecule has 304 valence electrons. The molecule has 2 aromatic carbocycles. The number of fused-ring (bicyclic) bond motifs is 5. The predicted octanol–water partition coefficient (Wildman–Crippen LogP) is 7.02. The number of anilines is 1. The number of phenolic OH excluding ortho intramolecular Hbond substituents is 1. The summed E-state index contributed by atoms with van der Waals surface area (Å²) in [4.78, 5) is 45.7. The van der Waals surface area contributed by atoms with E-state index >= 15 is 4.39 Å². The highest BCUT2D eigenvalue weighted by molar-refractivity contribution is 6.03. The number of carbonyl (C=O) groups excluding carboxylic acids is 2. The van der Waals surface area contributed by atoms with E-state index < -0.39 is 35.7 Å². The number of nitrogens with zero attached hydrogens (tertiary/aromatic N) is 6. The van der Waals surface area contributed by atoms with E-state index in [0.29, 0.717) is 62.4 Å². The van der Waals surface area contributed by atoms with Crippen LogP contribution in [0.1, 0.15) is 76.7 Å². The molecule has 2 bridgehead atoms. The second kappa shape index (κ2) is 15.1. The Morgan fingerprint density at radius 1 is 1.05 bits per heavy atom. The Morgan fingerprint density at radius 3 is 2.59 bits per heavy atom. The van der Waals surface area contributed by atoms with Crippen LogP contribution in [0.25, 0.3) is 32.9 Å². The van der Waals surface area contributed by atoms with Crippen molar-refractivity contribution in [2.24, 2.45) is 5.92 Å². The zero-order chi connectivity index (χ0) is 40.3. The minimum absolute atomic E-state index is 0.0773. The van der Waals surface area contributed by atoms with Crippen molar-refractivity contribution in [3.8, 4) is 35.4 Å². The SMILES string of the molecule is C#Cc1c(F)ccc2cc(O)cc(-c3ncc4c(N5CC6CCC(C5)N6C(=O)OC(C)OC(=O)CC5CCCC5)nc(OC[C@@]56CCCN5C[C@H](F)C6)nc4c3F)c12. The average molecular weight is 799 g/mol. The van der Waals surface area contributed by atoms with Gasteiger partial charge >= 0.3 is 18.1 Å². The average Bonchev–Trinajstić information content (AvgIpc) is 3.97. The van der Waals surface area contributed by atoms with Crippen LogP contribution >= 0.6 is 0 Å². The van der Waals surface area contributed by atoms with Crippen molar-refractivity contribution in [3.63, 3.8) is 0 Å². The van der Waals surface area contributed by atoms with E-state index in [2.05, 4.69) is 20.8 Å². The summed E-state index contributed by atoms with van der Waals surface area (Å²) < 4.78 is 64.2. The molecule has 1 saturated carbocycles. The maximum Gasteiger partial charge on any atom is 0.413 e. The third-order valence-electron chi connectivity index (χ3n) is 12.8. The number of amides is 1. The molecular weight excluding hydrogens is 754 g/mol. The molecule has 4 aliphatic heterocycles. The van der Waals surface area contributed by atoms with E-state index in [9.17, 15) is 23.5 Å². The lowest BCUT2D eigenvalue weighted by molar-refractivity contribution is -0.167. The van der Waals surface area contributed by atoms with Gasteiger partial charge < -0.3 is 24.2 Å². The van der Waals surface area contributed by atoms with E-state index in [1.54, 1.807) is 11.8 Å². The molecule has 5 aliphatic rings. The molecule has 9 rings (SSSR count). The van der Waals surface area contributed by atoms with Gasteiger partial charge in [0.1, 0.15) is 41.4 Å². The van der Waals surface area contributed by atoms with Gasteiger partial charge in [-0.2, -0.15) is 9.97 Å². The van der Waals surface area contributed by atoms with Crippen molar-refractivity contribution in [3.05, 3.63) is 47.7 Å². The van der Waals surface area contributed by atoms with Gasteiger partial charge in [0.15, 0.2) is 5.82 Å².